The standard InChI is InChI=1S/C13H26O/c1-4-11-8-7-9-12(10-11)13(14,5-2)6-3/h11-12,14H,4-10H2,1-3H3. The van der Waals surface area contributed by atoms with E-state index in [0.717, 1.165) is 18.8 Å². The summed E-state index contributed by atoms with van der Waals surface area (Å²) in [6.07, 6.45) is 8.35. The molecule has 0 spiro atoms. The maximum absolute atomic E-state index is 10.5. The van der Waals surface area contributed by atoms with Gasteiger partial charge >= 0.3 is 0 Å². The van der Waals surface area contributed by atoms with Crippen LogP contribution in [-0.2, 0) is 0 Å². The van der Waals surface area contributed by atoms with Gasteiger partial charge in [0, 0.05) is 0 Å². The van der Waals surface area contributed by atoms with Crippen molar-refractivity contribution in [1.82, 2.24) is 0 Å². The highest BCUT2D eigenvalue weighted by Crippen LogP contribution is 2.40. The van der Waals surface area contributed by atoms with Crippen molar-refractivity contribution in [2.24, 2.45) is 11.8 Å². The molecule has 1 aliphatic rings. The van der Waals surface area contributed by atoms with Crippen molar-refractivity contribution in [2.75, 3.05) is 0 Å². The van der Waals surface area contributed by atoms with E-state index >= 15 is 0 Å². The van der Waals surface area contributed by atoms with E-state index in [1.807, 2.05) is 0 Å². The number of aliphatic hydroxyl groups is 1. The van der Waals surface area contributed by atoms with Crippen molar-refractivity contribution in [2.45, 2.75) is 71.3 Å². The van der Waals surface area contributed by atoms with Crippen molar-refractivity contribution in [3.05, 3.63) is 0 Å². The predicted molar refractivity (Wildman–Crippen MR) is 61.3 cm³/mol. The third-order valence-electron chi connectivity index (χ3n) is 4.34. The van der Waals surface area contributed by atoms with E-state index in [4.69, 9.17) is 0 Å². The lowest BCUT2D eigenvalue weighted by Gasteiger charge is -2.40. The molecule has 1 N–H and O–H groups in total. The van der Waals surface area contributed by atoms with Gasteiger partial charge in [-0.1, -0.05) is 40.0 Å². The van der Waals surface area contributed by atoms with Crippen LogP contribution in [-0.4, -0.2) is 10.7 Å². The van der Waals surface area contributed by atoms with E-state index in [1.165, 1.54) is 32.1 Å². The van der Waals surface area contributed by atoms with Crippen LogP contribution in [0.3, 0.4) is 0 Å². The molecule has 84 valence electrons. The third kappa shape index (κ3) is 2.50. The Morgan fingerprint density at radius 2 is 1.79 bits per heavy atom. The van der Waals surface area contributed by atoms with Gasteiger partial charge in [0.25, 0.3) is 0 Å². The summed E-state index contributed by atoms with van der Waals surface area (Å²) in [5.41, 5.74) is -0.367. The summed E-state index contributed by atoms with van der Waals surface area (Å²) in [6.45, 7) is 6.53. The number of hydrogen-bond acceptors (Lipinski definition) is 1. The molecule has 0 bridgehead atoms. The monoisotopic (exact) mass is 198 g/mol. The highest BCUT2D eigenvalue weighted by atomic mass is 16.3. The summed E-state index contributed by atoms with van der Waals surface area (Å²) in [4.78, 5) is 0. The van der Waals surface area contributed by atoms with Crippen LogP contribution in [0.4, 0.5) is 0 Å². The van der Waals surface area contributed by atoms with Crippen LogP contribution < -0.4 is 0 Å². The first-order valence-electron chi connectivity index (χ1n) is 6.38. The minimum absolute atomic E-state index is 0.367. The zero-order chi connectivity index (χ0) is 10.6. The second-order valence-electron chi connectivity index (χ2n) is 4.95. The SMILES string of the molecule is CCC1CCCC(C(O)(CC)CC)C1. The Kier molecular flexibility index (Phi) is 4.43. The van der Waals surface area contributed by atoms with E-state index in [9.17, 15) is 5.11 Å². The van der Waals surface area contributed by atoms with Gasteiger partial charge in [-0.2, -0.15) is 0 Å². The Bertz CT molecular complexity index is 161. The fraction of sp³-hybridized carbons (Fsp3) is 1.00. The van der Waals surface area contributed by atoms with Gasteiger partial charge in [-0.05, 0) is 37.5 Å². The second-order valence-corrected chi connectivity index (χ2v) is 4.95. The smallest absolute Gasteiger partial charge is 0.0670 e. The first-order valence-corrected chi connectivity index (χ1v) is 6.38. The van der Waals surface area contributed by atoms with Gasteiger partial charge in [-0.3, -0.25) is 0 Å². The first kappa shape index (κ1) is 12.0. The lowest BCUT2D eigenvalue weighted by atomic mass is 9.70. The van der Waals surface area contributed by atoms with Crippen LogP contribution in [0.1, 0.15) is 65.7 Å². The summed E-state index contributed by atoms with van der Waals surface area (Å²) in [7, 11) is 0. The summed E-state index contributed by atoms with van der Waals surface area (Å²) in [5.74, 6) is 1.44. The summed E-state index contributed by atoms with van der Waals surface area (Å²) in [6, 6.07) is 0. The molecule has 0 saturated heterocycles. The highest BCUT2D eigenvalue weighted by Gasteiger charge is 2.36. The van der Waals surface area contributed by atoms with Crippen molar-refractivity contribution in [1.29, 1.82) is 0 Å². The normalized spacial score (nSPS) is 29.1. The van der Waals surface area contributed by atoms with E-state index in [0.29, 0.717) is 5.92 Å². The molecule has 1 nitrogen and oxygen atoms in total. The molecule has 0 aromatic carbocycles. The summed E-state index contributed by atoms with van der Waals surface area (Å²) < 4.78 is 0. The molecular formula is C13H26O. The Hall–Kier alpha value is -0.0400. The van der Waals surface area contributed by atoms with Gasteiger partial charge in [0.15, 0.2) is 0 Å². The summed E-state index contributed by atoms with van der Waals surface area (Å²) >= 11 is 0. The Morgan fingerprint density at radius 1 is 1.14 bits per heavy atom. The molecule has 0 aliphatic heterocycles. The van der Waals surface area contributed by atoms with Crippen molar-refractivity contribution < 1.29 is 5.11 Å². The molecule has 0 aromatic heterocycles. The molecule has 2 unspecified atom stereocenters. The predicted octanol–water partition coefficient (Wildman–Crippen LogP) is 3.75. The number of hydrogen-bond donors (Lipinski definition) is 1. The molecule has 1 aliphatic carbocycles. The molecule has 1 saturated carbocycles. The average molecular weight is 198 g/mol. The fourth-order valence-electron chi connectivity index (χ4n) is 2.98. The van der Waals surface area contributed by atoms with Crippen LogP contribution in [0.5, 0.6) is 0 Å². The molecule has 14 heavy (non-hydrogen) atoms. The van der Waals surface area contributed by atoms with Gasteiger partial charge < -0.3 is 5.11 Å². The molecule has 0 aromatic rings. The fourth-order valence-corrected chi connectivity index (χ4v) is 2.98. The maximum atomic E-state index is 10.5. The zero-order valence-corrected chi connectivity index (χ0v) is 10.1. The van der Waals surface area contributed by atoms with Gasteiger partial charge in [0.2, 0.25) is 0 Å². The van der Waals surface area contributed by atoms with E-state index in [-0.39, 0.29) is 5.60 Å². The van der Waals surface area contributed by atoms with Crippen LogP contribution in [0.15, 0.2) is 0 Å². The van der Waals surface area contributed by atoms with Crippen molar-refractivity contribution in [3.63, 3.8) is 0 Å². The lowest BCUT2D eigenvalue weighted by molar-refractivity contribution is -0.0477. The highest BCUT2D eigenvalue weighted by molar-refractivity contribution is 4.87. The minimum Gasteiger partial charge on any atom is -0.390 e. The molecule has 2 atom stereocenters. The van der Waals surface area contributed by atoms with E-state index in [1.54, 1.807) is 0 Å². The largest absolute Gasteiger partial charge is 0.390 e. The first-order chi connectivity index (χ1) is 6.66. The minimum atomic E-state index is -0.367. The molecule has 0 radical (unpaired) electrons. The molecule has 1 fully saturated rings. The van der Waals surface area contributed by atoms with Crippen molar-refractivity contribution >= 4 is 0 Å². The summed E-state index contributed by atoms with van der Waals surface area (Å²) in [5, 5.41) is 10.5. The second kappa shape index (κ2) is 5.16. The van der Waals surface area contributed by atoms with E-state index < -0.39 is 0 Å². The maximum Gasteiger partial charge on any atom is 0.0670 e. The Balaban J connectivity index is 2.57. The van der Waals surface area contributed by atoms with Crippen molar-refractivity contribution in [3.8, 4) is 0 Å². The molecular weight excluding hydrogens is 172 g/mol. The van der Waals surface area contributed by atoms with Crippen LogP contribution >= 0.6 is 0 Å². The van der Waals surface area contributed by atoms with Gasteiger partial charge in [0.05, 0.1) is 5.60 Å². The van der Waals surface area contributed by atoms with Gasteiger partial charge in [-0.25, -0.2) is 0 Å². The molecule has 1 heteroatoms. The topological polar surface area (TPSA) is 20.2 Å². The quantitative estimate of drug-likeness (QED) is 0.729. The molecule has 1 rings (SSSR count). The van der Waals surface area contributed by atoms with E-state index in [2.05, 4.69) is 20.8 Å². The number of rotatable bonds is 4. The Labute approximate surface area is 88.9 Å². The molecule has 0 heterocycles. The zero-order valence-electron chi connectivity index (χ0n) is 10.1. The molecule has 0 amide bonds. The third-order valence-corrected chi connectivity index (χ3v) is 4.34. The van der Waals surface area contributed by atoms with Crippen LogP contribution in [0.25, 0.3) is 0 Å². The van der Waals surface area contributed by atoms with Gasteiger partial charge in [0.1, 0.15) is 0 Å². The Morgan fingerprint density at radius 3 is 2.29 bits per heavy atom. The van der Waals surface area contributed by atoms with Crippen LogP contribution in [0, 0.1) is 11.8 Å². The van der Waals surface area contributed by atoms with Crippen LogP contribution in [0.2, 0.25) is 0 Å². The average Bonchev–Trinajstić information content (AvgIpc) is 2.28. The lowest BCUT2D eigenvalue weighted by Crippen LogP contribution is -2.39. The van der Waals surface area contributed by atoms with Gasteiger partial charge in [-0.15, -0.1) is 0 Å².